The summed E-state index contributed by atoms with van der Waals surface area (Å²) in [4.78, 5) is 33.3. The van der Waals surface area contributed by atoms with Crippen LogP contribution in [0.5, 0.6) is 5.75 Å². The van der Waals surface area contributed by atoms with Crippen molar-refractivity contribution in [3.63, 3.8) is 0 Å². The quantitative estimate of drug-likeness (QED) is 0.664. The normalized spacial score (nSPS) is 14.8. The summed E-state index contributed by atoms with van der Waals surface area (Å²) in [6.45, 7) is 1.93. The summed E-state index contributed by atoms with van der Waals surface area (Å²) in [6.07, 6.45) is 3.04. The number of ether oxygens (including phenoxy) is 1. The molecule has 0 bridgehead atoms. The molecule has 1 aromatic carbocycles. The van der Waals surface area contributed by atoms with Gasteiger partial charge in [-0.15, -0.1) is 0 Å². The van der Waals surface area contributed by atoms with Gasteiger partial charge in [0.05, 0.1) is 12.8 Å². The van der Waals surface area contributed by atoms with Crippen molar-refractivity contribution in [2.75, 3.05) is 45.7 Å². The Morgan fingerprint density at radius 1 is 1.32 bits per heavy atom. The van der Waals surface area contributed by atoms with Gasteiger partial charge in [0, 0.05) is 18.7 Å². The molecule has 8 nitrogen and oxygen atoms in total. The van der Waals surface area contributed by atoms with E-state index in [9.17, 15) is 14.7 Å². The molecule has 0 radical (unpaired) electrons. The van der Waals surface area contributed by atoms with Crippen molar-refractivity contribution in [2.24, 2.45) is 5.92 Å². The van der Waals surface area contributed by atoms with E-state index < -0.39 is 18.1 Å². The topological polar surface area (TPSA) is 87.9 Å². The van der Waals surface area contributed by atoms with Crippen LogP contribution in [0.1, 0.15) is 19.3 Å². The first kappa shape index (κ1) is 23.1. The molecule has 0 atom stereocenters. The van der Waals surface area contributed by atoms with Gasteiger partial charge in [0.15, 0.2) is 11.0 Å². The standard InChI is InChI=1S/C22H29ClN4O4/c1-25(2)10-7-15-8-11-26(12-9-15)21-22(30)27(14-18(28)29)19(20(23)24-21)16-5-4-6-17(13-16)31-3/h4-6,13,15H,7-12,14H2,1-3H3,(H,28,29). The number of aliphatic carboxylic acids is 1. The Kier molecular flexibility index (Phi) is 7.56. The fourth-order valence-electron chi connectivity index (χ4n) is 3.94. The molecule has 0 saturated carbocycles. The Bertz CT molecular complexity index is 984. The number of piperidine rings is 1. The molecule has 1 saturated heterocycles. The summed E-state index contributed by atoms with van der Waals surface area (Å²) >= 11 is 6.52. The van der Waals surface area contributed by atoms with E-state index in [4.69, 9.17) is 16.3 Å². The van der Waals surface area contributed by atoms with Gasteiger partial charge >= 0.3 is 5.97 Å². The molecule has 0 spiro atoms. The van der Waals surface area contributed by atoms with Gasteiger partial charge < -0.3 is 19.6 Å². The Labute approximate surface area is 187 Å². The summed E-state index contributed by atoms with van der Waals surface area (Å²) in [5.41, 5.74) is 0.401. The zero-order valence-electron chi connectivity index (χ0n) is 18.2. The monoisotopic (exact) mass is 448 g/mol. The van der Waals surface area contributed by atoms with Gasteiger partial charge in [0.25, 0.3) is 5.56 Å². The first-order valence-electron chi connectivity index (χ1n) is 10.4. The molecule has 1 fully saturated rings. The Hall–Kier alpha value is -2.58. The van der Waals surface area contributed by atoms with Crippen molar-refractivity contribution in [1.29, 1.82) is 0 Å². The molecule has 31 heavy (non-hydrogen) atoms. The SMILES string of the molecule is COc1cccc(-c2c(Cl)nc(N3CCC(CCN(C)C)CC3)c(=O)n2CC(=O)O)c1. The number of carboxylic acid groups (broad SMARTS) is 1. The summed E-state index contributed by atoms with van der Waals surface area (Å²) in [7, 11) is 5.67. The maximum atomic E-state index is 13.3. The molecule has 2 aromatic rings. The maximum Gasteiger partial charge on any atom is 0.323 e. The van der Waals surface area contributed by atoms with E-state index in [1.807, 2.05) is 4.90 Å². The molecule has 9 heteroatoms. The van der Waals surface area contributed by atoms with Crippen LogP contribution in [0.25, 0.3) is 11.3 Å². The van der Waals surface area contributed by atoms with Crippen molar-refractivity contribution in [3.05, 3.63) is 39.8 Å². The third-order valence-electron chi connectivity index (χ3n) is 5.64. The molecule has 2 heterocycles. The molecule has 3 rings (SSSR count). The molecule has 0 unspecified atom stereocenters. The Morgan fingerprint density at radius 2 is 2.03 bits per heavy atom. The molecule has 1 aliphatic heterocycles. The fraction of sp³-hybridized carbons (Fsp3) is 0.500. The van der Waals surface area contributed by atoms with Crippen LogP contribution in [0.4, 0.5) is 5.82 Å². The third-order valence-corrected chi connectivity index (χ3v) is 5.90. The van der Waals surface area contributed by atoms with E-state index in [1.165, 1.54) is 11.7 Å². The van der Waals surface area contributed by atoms with E-state index in [0.29, 0.717) is 30.3 Å². The third kappa shape index (κ3) is 5.57. The molecule has 0 aliphatic carbocycles. The van der Waals surface area contributed by atoms with Gasteiger partial charge in [-0.3, -0.25) is 14.2 Å². The Balaban J connectivity index is 1.94. The predicted molar refractivity (Wildman–Crippen MR) is 121 cm³/mol. The number of rotatable bonds is 8. The van der Waals surface area contributed by atoms with Gasteiger partial charge in [-0.1, -0.05) is 23.7 Å². The molecule has 1 aliphatic rings. The smallest absolute Gasteiger partial charge is 0.323 e. The van der Waals surface area contributed by atoms with Crippen LogP contribution in [-0.2, 0) is 11.3 Å². The number of aromatic nitrogens is 2. The molecular formula is C22H29ClN4O4. The van der Waals surface area contributed by atoms with Crippen molar-refractivity contribution in [3.8, 4) is 17.0 Å². The highest BCUT2D eigenvalue weighted by molar-refractivity contribution is 6.32. The van der Waals surface area contributed by atoms with Crippen molar-refractivity contribution >= 4 is 23.4 Å². The fourth-order valence-corrected chi connectivity index (χ4v) is 4.23. The zero-order valence-corrected chi connectivity index (χ0v) is 18.9. The second-order valence-electron chi connectivity index (χ2n) is 8.11. The molecule has 1 N–H and O–H groups in total. The highest BCUT2D eigenvalue weighted by atomic mass is 35.5. The number of hydrogen-bond acceptors (Lipinski definition) is 6. The van der Waals surface area contributed by atoms with Gasteiger partial charge in [-0.05, 0) is 58.0 Å². The first-order valence-corrected chi connectivity index (χ1v) is 10.7. The van der Waals surface area contributed by atoms with Crippen molar-refractivity contribution < 1.29 is 14.6 Å². The van der Waals surface area contributed by atoms with Crippen molar-refractivity contribution in [2.45, 2.75) is 25.8 Å². The van der Waals surface area contributed by atoms with Crippen molar-refractivity contribution in [1.82, 2.24) is 14.5 Å². The van der Waals surface area contributed by atoms with Crippen LogP contribution in [0, 0.1) is 5.92 Å². The predicted octanol–water partition coefficient (Wildman–Crippen LogP) is 2.83. The molecule has 1 aromatic heterocycles. The minimum Gasteiger partial charge on any atom is -0.497 e. The van der Waals surface area contributed by atoms with E-state index in [0.717, 1.165) is 25.8 Å². The van der Waals surface area contributed by atoms with E-state index in [1.54, 1.807) is 24.3 Å². The number of anilines is 1. The van der Waals surface area contributed by atoms with Gasteiger partial charge in [0.2, 0.25) is 0 Å². The number of carbonyl (C=O) groups is 1. The van der Waals surface area contributed by atoms with Crippen LogP contribution >= 0.6 is 11.6 Å². The average molecular weight is 449 g/mol. The van der Waals surface area contributed by atoms with Crippen LogP contribution in [-0.4, -0.2) is 66.4 Å². The highest BCUT2D eigenvalue weighted by Gasteiger charge is 2.26. The number of carboxylic acids is 1. The number of benzene rings is 1. The molecule has 168 valence electrons. The maximum absolute atomic E-state index is 13.3. The minimum atomic E-state index is -1.12. The van der Waals surface area contributed by atoms with E-state index in [-0.39, 0.29) is 16.7 Å². The molecular weight excluding hydrogens is 420 g/mol. The van der Waals surface area contributed by atoms with Crippen LogP contribution < -0.4 is 15.2 Å². The second kappa shape index (κ2) is 10.2. The zero-order chi connectivity index (χ0) is 22.5. The van der Waals surface area contributed by atoms with E-state index >= 15 is 0 Å². The second-order valence-corrected chi connectivity index (χ2v) is 8.47. The summed E-state index contributed by atoms with van der Waals surface area (Å²) in [5.74, 6) is 0.268. The summed E-state index contributed by atoms with van der Waals surface area (Å²) in [5, 5.41) is 9.52. The van der Waals surface area contributed by atoms with Crippen LogP contribution in [0.15, 0.2) is 29.1 Å². The summed E-state index contributed by atoms with van der Waals surface area (Å²) in [6, 6.07) is 6.97. The lowest BCUT2D eigenvalue weighted by Crippen LogP contribution is -2.40. The summed E-state index contributed by atoms with van der Waals surface area (Å²) < 4.78 is 6.45. The van der Waals surface area contributed by atoms with Gasteiger partial charge in [-0.25, -0.2) is 4.98 Å². The molecule has 0 amide bonds. The van der Waals surface area contributed by atoms with Gasteiger partial charge in [0.1, 0.15) is 12.3 Å². The number of halogens is 1. The minimum absolute atomic E-state index is 0.0961. The lowest BCUT2D eigenvalue weighted by Gasteiger charge is -2.33. The highest BCUT2D eigenvalue weighted by Crippen LogP contribution is 2.30. The number of hydrogen-bond donors (Lipinski definition) is 1. The average Bonchev–Trinajstić information content (AvgIpc) is 2.75. The number of methoxy groups -OCH3 is 1. The largest absolute Gasteiger partial charge is 0.497 e. The number of nitrogens with zero attached hydrogens (tertiary/aromatic N) is 4. The lowest BCUT2D eigenvalue weighted by atomic mass is 9.93. The lowest BCUT2D eigenvalue weighted by molar-refractivity contribution is -0.137. The Morgan fingerprint density at radius 3 is 2.65 bits per heavy atom. The van der Waals surface area contributed by atoms with Gasteiger partial charge in [-0.2, -0.15) is 0 Å². The van der Waals surface area contributed by atoms with Crippen LogP contribution in [0.3, 0.4) is 0 Å². The van der Waals surface area contributed by atoms with E-state index in [2.05, 4.69) is 24.0 Å². The van der Waals surface area contributed by atoms with Crippen LogP contribution in [0.2, 0.25) is 5.15 Å². The first-order chi connectivity index (χ1) is 14.8.